The van der Waals surface area contributed by atoms with Crippen molar-refractivity contribution in [1.29, 1.82) is 0 Å². The molecule has 1 atom stereocenters. The van der Waals surface area contributed by atoms with Crippen LogP contribution in [0.3, 0.4) is 0 Å². The highest BCUT2D eigenvalue weighted by molar-refractivity contribution is 6.33. The average Bonchev–Trinajstić information content (AvgIpc) is 2.06. The van der Waals surface area contributed by atoms with Crippen LogP contribution in [-0.2, 0) is 0 Å². The van der Waals surface area contributed by atoms with E-state index in [2.05, 4.69) is 5.32 Å². The molecule has 0 saturated carbocycles. The molecule has 2 N–H and O–H groups in total. The van der Waals surface area contributed by atoms with Crippen molar-refractivity contribution < 1.29 is 5.11 Å². The molecule has 0 bridgehead atoms. The zero-order valence-electron chi connectivity index (χ0n) is 7.84. The molecule has 0 spiro atoms. The van der Waals surface area contributed by atoms with Gasteiger partial charge in [0.1, 0.15) is 0 Å². The van der Waals surface area contributed by atoms with Gasteiger partial charge in [-0.3, -0.25) is 0 Å². The minimum absolute atomic E-state index is 0.364. The molecule has 0 aliphatic heterocycles. The van der Waals surface area contributed by atoms with Gasteiger partial charge in [0.25, 0.3) is 0 Å². The first kappa shape index (κ1) is 10.4. The van der Waals surface area contributed by atoms with Gasteiger partial charge >= 0.3 is 0 Å². The van der Waals surface area contributed by atoms with Crippen LogP contribution in [0.2, 0.25) is 5.02 Å². The molecule has 3 heteroatoms. The van der Waals surface area contributed by atoms with E-state index in [1.54, 1.807) is 6.92 Å². The molecule has 13 heavy (non-hydrogen) atoms. The van der Waals surface area contributed by atoms with Gasteiger partial charge < -0.3 is 10.4 Å². The molecule has 0 saturated heterocycles. The Balaban J connectivity index is 2.70. The highest BCUT2D eigenvalue weighted by Gasteiger charge is 2.00. The van der Waals surface area contributed by atoms with Crippen LogP contribution >= 0.6 is 11.6 Å². The minimum atomic E-state index is -0.364. The number of aliphatic hydroxyl groups is 1. The first-order valence-corrected chi connectivity index (χ1v) is 4.65. The molecule has 0 aliphatic carbocycles. The third-order valence-corrected chi connectivity index (χ3v) is 2.04. The number of nitrogens with one attached hydrogen (secondary N) is 1. The number of aryl methyl sites for hydroxylation is 1. The van der Waals surface area contributed by atoms with Crippen molar-refractivity contribution in [2.24, 2.45) is 0 Å². The fraction of sp³-hybridized carbons (Fsp3) is 0.400. The number of hydrogen-bond acceptors (Lipinski definition) is 2. The lowest BCUT2D eigenvalue weighted by molar-refractivity contribution is 0.208. The van der Waals surface area contributed by atoms with Crippen LogP contribution in [0.1, 0.15) is 12.5 Å². The summed E-state index contributed by atoms with van der Waals surface area (Å²) in [6, 6.07) is 5.77. The average molecular weight is 200 g/mol. The van der Waals surface area contributed by atoms with E-state index in [9.17, 15) is 0 Å². The highest BCUT2D eigenvalue weighted by atomic mass is 35.5. The molecule has 0 fully saturated rings. The minimum Gasteiger partial charge on any atom is -0.392 e. The fourth-order valence-electron chi connectivity index (χ4n) is 1.03. The van der Waals surface area contributed by atoms with Gasteiger partial charge in [-0.1, -0.05) is 17.7 Å². The summed E-state index contributed by atoms with van der Waals surface area (Å²) in [5.41, 5.74) is 2.03. The van der Waals surface area contributed by atoms with E-state index >= 15 is 0 Å². The molecule has 1 aromatic carbocycles. The number of hydrogen-bond donors (Lipinski definition) is 2. The maximum atomic E-state index is 9.07. The topological polar surface area (TPSA) is 32.3 Å². The maximum Gasteiger partial charge on any atom is 0.0684 e. The van der Waals surface area contributed by atoms with Gasteiger partial charge in [-0.15, -0.1) is 0 Å². The zero-order chi connectivity index (χ0) is 9.84. The van der Waals surface area contributed by atoms with E-state index in [1.165, 1.54) is 0 Å². The number of aliphatic hydroxyl groups excluding tert-OH is 1. The molecule has 0 radical (unpaired) electrons. The standard InChI is InChI=1S/C10H14ClNO/c1-7-3-4-9(11)10(5-7)12-6-8(2)13/h3-5,8,12-13H,6H2,1-2H3/t8-/m0/s1. The molecule has 0 heterocycles. The summed E-state index contributed by atoms with van der Waals surface area (Å²) in [7, 11) is 0. The first-order chi connectivity index (χ1) is 6.09. The van der Waals surface area contributed by atoms with Crippen molar-refractivity contribution in [3.05, 3.63) is 28.8 Å². The van der Waals surface area contributed by atoms with Crippen LogP contribution in [0.15, 0.2) is 18.2 Å². The molecule has 0 unspecified atom stereocenters. The van der Waals surface area contributed by atoms with E-state index in [4.69, 9.17) is 16.7 Å². The molecule has 0 amide bonds. The lowest BCUT2D eigenvalue weighted by Crippen LogP contribution is -2.15. The Labute approximate surface area is 83.5 Å². The summed E-state index contributed by atoms with van der Waals surface area (Å²) < 4.78 is 0. The zero-order valence-corrected chi connectivity index (χ0v) is 8.60. The SMILES string of the molecule is Cc1ccc(Cl)c(NC[C@H](C)O)c1. The van der Waals surface area contributed by atoms with Crippen molar-refractivity contribution in [1.82, 2.24) is 0 Å². The number of rotatable bonds is 3. The summed E-state index contributed by atoms with van der Waals surface area (Å²) in [5.74, 6) is 0. The van der Waals surface area contributed by atoms with Crippen molar-refractivity contribution in [2.45, 2.75) is 20.0 Å². The Morgan fingerprint density at radius 2 is 2.23 bits per heavy atom. The lowest BCUT2D eigenvalue weighted by atomic mass is 10.2. The highest BCUT2D eigenvalue weighted by Crippen LogP contribution is 2.22. The van der Waals surface area contributed by atoms with Gasteiger partial charge in [-0.2, -0.15) is 0 Å². The van der Waals surface area contributed by atoms with Crippen LogP contribution in [0.4, 0.5) is 5.69 Å². The Bertz CT molecular complexity index is 286. The predicted molar refractivity (Wildman–Crippen MR) is 56.4 cm³/mol. The summed E-state index contributed by atoms with van der Waals surface area (Å²) in [4.78, 5) is 0. The van der Waals surface area contributed by atoms with E-state index in [-0.39, 0.29) is 6.10 Å². The Kier molecular flexibility index (Phi) is 3.58. The molecule has 2 nitrogen and oxygen atoms in total. The Morgan fingerprint density at radius 3 is 2.85 bits per heavy atom. The van der Waals surface area contributed by atoms with Crippen LogP contribution < -0.4 is 5.32 Å². The maximum absolute atomic E-state index is 9.07. The van der Waals surface area contributed by atoms with Crippen molar-refractivity contribution in [2.75, 3.05) is 11.9 Å². The molecule has 0 aliphatic rings. The van der Waals surface area contributed by atoms with E-state index in [1.807, 2.05) is 25.1 Å². The second-order valence-electron chi connectivity index (χ2n) is 3.21. The lowest BCUT2D eigenvalue weighted by Gasteiger charge is -2.10. The van der Waals surface area contributed by atoms with E-state index in [0.717, 1.165) is 11.3 Å². The second kappa shape index (κ2) is 4.49. The molecule has 1 rings (SSSR count). The largest absolute Gasteiger partial charge is 0.392 e. The van der Waals surface area contributed by atoms with Crippen molar-refractivity contribution in [3.63, 3.8) is 0 Å². The van der Waals surface area contributed by atoms with Crippen LogP contribution in [-0.4, -0.2) is 17.8 Å². The van der Waals surface area contributed by atoms with Gasteiger partial charge in [-0.25, -0.2) is 0 Å². The monoisotopic (exact) mass is 199 g/mol. The van der Waals surface area contributed by atoms with Crippen LogP contribution in [0.5, 0.6) is 0 Å². The summed E-state index contributed by atoms with van der Waals surface area (Å²) >= 11 is 5.94. The number of anilines is 1. The third kappa shape index (κ3) is 3.25. The second-order valence-corrected chi connectivity index (χ2v) is 3.62. The van der Waals surface area contributed by atoms with Crippen molar-refractivity contribution >= 4 is 17.3 Å². The molecular weight excluding hydrogens is 186 g/mol. The number of halogens is 1. The smallest absolute Gasteiger partial charge is 0.0684 e. The van der Waals surface area contributed by atoms with Crippen LogP contribution in [0, 0.1) is 6.92 Å². The summed E-state index contributed by atoms with van der Waals surface area (Å²) in [6.45, 7) is 4.25. The molecule has 0 aromatic heterocycles. The Morgan fingerprint density at radius 1 is 1.54 bits per heavy atom. The normalized spacial score (nSPS) is 12.6. The predicted octanol–water partition coefficient (Wildman–Crippen LogP) is 2.44. The van der Waals surface area contributed by atoms with Crippen LogP contribution in [0.25, 0.3) is 0 Å². The first-order valence-electron chi connectivity index (χ1n) is 4.27. The molecular formula is C10H14ClNO. The third-order valence-electron chi connectivity index (χ3n) is 1.71. The van der Waals surface area contributed by atoms with Gasteiger partial charge in [0.2, 0.25) is 0 Å². The van der Waals surface area contributed by atoms with Gasteiger partial charge in [0.05, 0.1) is 16.8 Å². The van der Waals surface area contributed by atoms with E-state index < -0.39 is 0 Å². The molecule has 72 valence electrons. The number of benzene rings is 1. The Hall–Kier alpha value is -0.730. The summed E-state index contributed by atoms with van der Waals surface area (Å²) in [6.07, 6.45) is -0.364. The van der Waals surface area contributed by atoms with E-state index in [0.29, 0.717) is 11.6 Å². The van der Waals surface area contributed by atoms with Gasteiger partial charge in [0, 0.05) is 6.54 Å². The van der Waals surface area contributed by atoms with Gasteiger partial charge in [0.15, 0.2) is 0 Å². The fourth-order valence-corrected chi connectivity index (χ4v) is 1.22. The van der Waals surface area contributed by atoms with Gasteiger partial charge in [-0.05, 0) is 31.5 Å². The van der Waals surface area contributed by atoms with Crippen molar-refractivity contribution in [3.8, 4) is 0 Å². The molecule has 1 aromatic rings. The quantitative estimate of drug-likeness (QED) is 0.784. The summed E-state index contributed by atoms with van der Waals surface area (Å²) in [5, 5.41) is 12.8.